The fourth-order valence-electron chi connectivity index (χ4n) is 2.14. The van der Waals surface area contributed by atoms with Crippen LogP contribution in [0.15, 0.2) is 48.5 Å². The van der Waals surface area contributed by atoms with Crippen LogP contribution >= 0.6 is 0 Å². The molecule has 0 aromatic heterocycles. The summed E-state index contributed by atoms with van der Waals surface area (Å²) in [4.78, 5) is 12.1. The zero-order valence-corrected chi connectivity index (χ0v) is 11.7. The van der Waals surface area contributed by atoms with Crippen molar-refractivity contribution in [1.29, 1.82) is 0 Å². The van der Waals surface area contributed by atoms with Crippen LogP contribution in [-0.2, 0) is 17.6 Å². The van der Waals surface area contributed by atoms with Crippen LogP contribution in [0.2, 0.25) is 0 Å². The third kappa shape index (κ3) is 3.85. The topological polar surface area (TPSA) is 55.1 Å². The molecule has 0 heterocycles. The first-order chi connectivity index (χ1) is 9.69. The van der Waals surface area contributed by atoms with Gasteiger partial charge in [0.25, 0.3) is 0 Å². The van der Waals surface area contributed by atoms with Gasteiger partial charge in [-0.15, -0.1) is 0 Å². The summed E-state index contributed by atoms with van der Waals surface area (Å²) in [6.07, 6.45) is 2.39. The number of benzene rings is 2. The van der Waals surface area contributed by atoms with Gasteiger partial charge in [0.05, 0.1) is 6.42 Å². The Morgan fingerprint density at radius 3 is 2.50 bits per heavy atom. The molecule has 0 spiro atoms. The molecule has 0 saturated heterocycles. The Morgan fingerprint density at radius 2 is 1.80 bits per heavy atom. The van der Waals surface area contributed by atoms with Crippen molar-refractivity contribution in [2.75, 3.05) is 11.1 Å². The van der Waals surface area contributed by atoms with Crippen LogP contribution in [0.1, 0.15) is 24.5 Å². The molecular formula is C17H20N2O. The van der Waals surface area contributed by atoms with Crippen molar-refractivity contribution in [3.8, 4) is 0 Å². The van der Waals surface area contributed by atoms with E-state index < -0.39 is 0 Å². The van der Waals surface area contributed by atoms with Gasteiger partial charge in [0.2, 0.25) is 5.91 Å². The number of nitrogens with one attached hydrogen (secondary N) is 1. The highest BCUT2D eigenvalue weighted by Gasteiger charge is 2.07. The normalized spacial score (nSPS) is 10.2. The number of carbonyl (C=O) groups is 1. The van der Waals surface area contributed by atoms with Crippen LogP contribution in [0.3, 0.4) is 0 Å². The SMILES string of the molecule is CCCc1ccccc1NC(=O)Cc1ccc(N)cc1. The molecule has 0 aliphatic heterocycles. The van der Waals surface area contributed by atoms with Crippen molar-refractivity contribution < 1.29 is 4.79 Å². The second-order valence-corrected chi connectivity index (χ2v) is 4.87. The minimum Gasteiger partial charge on any atom is -0.399 e. The minimum absolute atomic E-state index is 0.00155. The quantitative estimate of drug-likeness (QED) is 0.816. The van der Waals surface area contributed by atoms with Crippen LogP contribution in [0.4, 0.5) is 11.4 Å². The summed E-state index contributed by atoms with van der Waals surface area (Å²) in [5.74, 6) is -0.00155. The molecule has 0 atom stereocenters. The molecule has 2 aromatic carbocycles. The van der Waals surface area contributed by atoms with Gasteiger partial charge >= 0.3 is 0 Å². The predicted octanol–water partition coefficient (Wildman–Crippen LogP) is 3.40. The van der Waals surface area contributed by atoms with Crippen LogP contribution in [0, 0.1) is 0 Å². The van der Waals surface area contributed by atoms with E-state index in [1.165, 1.54) is 5.56 Å². The zero-order valence-electron chi connectivity index (χ0n) is 11.7. The molecular weight excluding hydrogens is 248 g/mol. The standard InChI is InChI=1S/C17H20N2O/c1-2-5-14-6-3-4-7-16(14)19-17(20)12-13-8-10-15(18)11-9-13/h3-4,6-11H,2,5,12,18H2,1H3,(H,19,20). The Hall–Kier alpha value is -2.29. The highest BCUT2D eigenvalue weighted by atomic mass is 16.1. The first kappa shape index (κ1) is 14.1. The first-order valence-electron chi connectivity index (χ1n) is 6.91. The summed E-state index contributed by atoms with van der Waals surface area (Å²) < 4.78 is 0. The molecule has 3 nitrogen and oxygen atoms in total. The molecule has 0 saturated carbocycles. The lowest BCUT2D eigenvalue weighted by Gasteiger charge is -2.10. The number of nitrogen functional groups attached to an aromatic ring is 1. The summed E-state index contributed by atoms with van der Waals surface area (Å²) in [7, 11) is 0. The second-order valence-electron chi connectivity index (χ2n) is 4.87. The maximum Gasteiger partial charge on any atom is 0.228 e. The van der Waals surface area contributed by atoms with E-state index in [4.69, 9.17) is 5.73 Å². The molecule has 0 radical (unpaired) electrons. The third-order valence-electron chi connectivity index (χ3n) is 3.16. The van der Waals surface area contributed by atoms with E-state index in [1.54, 1.807) is 0 Å². The van der Waals surface area contributed by atoms with Gasteiger partial charge in [-0.1, -0.05) is 43.7 Å². The van der Waals surface area contributed by atoms with E-state index in [1.807, 2.05) is 42.5 Å². The van der Waals surface area contributed by atoms with Crippen molar-refractivity contribution in [2.24, 2.45) is 0 Å². The van der Waals surface area contributed by atoms with E-state index in [0.717, 1.165) is 24.1 Å². The molecule has 0 bridgehead atoms. The van der Waals surface area contributed by atoms with Crippen molar-refractivity contribution in [3.05, 3.63) is 59.7 Å². The van der Waals surface area contributed by atoms with Crippen LogP contribution in [-0.4, -0.2) is 5.91 Å². The molecule has 0 fully saturated rings. The average molecular weight is 268 g/mol. The molecule has 3 N–H and O–H groups in total. The van der Waals surface area contributed by atoms with E-state index in [2.05, 4.69) is 18.3 Å². The number of carbonyl (C=O) groups excluding carboxylic acids is 1. The lowest BCUT2D eigenvalue weighted by Crippen LogP contribution is -2.15. The van der Waals surface area contributed by atoms with Gasteiger partial charge in [-0.25, -0.2) is 0 Å². The number of aryl methyl sites for hydroxylation is 1. The highest BCUT2D eigenvalue weighted by Crippen LogP contribution is 2.17. The van der Waals surface area contributed by atoms with Gasteiger partial charge in [0.15, 0.2) is 0 Å². The number of nitrogens with two attached hydrogens (primary N) is 1. The largest absolute Gasteiger partial charge is 0.399 e. The fraction of sp³-hybridized carbons (Fsp3) is 0.235. The summed E-state index contributed by atoms with van der Waals surface area (Å²) in [6.45, 7) is 2.13. The van der Waals surface area contributed by atoms with Crippen molar-refractivity contribution in [3.63, 3.8) is 0 Å². The maximum absolute atomic E-state index is 12.1. The van der Waals surface area contributed by atoms with Gasteiger partial charge in [-0.2, -0.15) is 0 Å². The molecule has 2 rings (SSSR count). The molecule has 0 aliphatic carbocycles. The number of rotatable bonds is 5. The van der Waals surface area contributed by atoms with Crippen molar-refractivity contribution >= 4 is 17.3 Å². The smallest absolute Gasteiger partial charge is 0.228 e. The molecule has 20 heavy (non-hydrogen) atoms. The fourth-order valence-corrected chi connectivity index (χ4v) is 2.14. The summed E-state index contributed by atoms with van der Waals surface area (Å²) in [6, 6.07) is 15.3. The number of hydrogen-bond donors (Lipinski definition) is 2. The van der Waals surface area contributed by atoms with E-state index >= 15 is 0 Å². The Balaban J connectivity index is 2.02. The molecule has 3 heteroatoms. The van der Waals surface area contributed by atoms with Crippen LogP contribution in [0.25, 0.3) is 0 Å². The lowest BCUT2D eigenvalue weighted by molar-refractivity contribution is -0.115. The van der Waals surface area contributed by atoms with Crippen molar-refractivity contribution in [1.82, 2.24) is 0 Å². The summed E-state index contributed by atoms with van der Waals surface area (Å²) >= 11 is 0. The van der Waals surface area contributed by atoms with Gasteiger partial charge < -0.3 is 11.1 Å². The van der Waals surface area contributed by atoms with Gasteiger partial charge in [0, 0.05) is 11.4 Å². The monoisotopic (exact) mass is 268 g/mol. The Morgan fingerprint density at radius 1 is 1.10 bits per heavy atom. The predicted molar refractivity (Wildman–Crippen MR) is 83.6 cm³/mol. The van der Waals surface area contributed by atoms with Crippen LogP contribution < -0.4 is 11.1 Å². The number of para-hydroxylation sites is 1. The average Bonchev–Trinajstić information content (AvgIpc) is 2.44. The lowest BCUT2D eigenvalue weighted by atomic mass is 10.1. The van der Waals surface area contributed by atoms with Gasteiger partial charge in [-0.05, 0) is 35.7 Å². The number of amides is 1. The zero-order chi connectivity index (χ0) is 14.4. The molecule has 1 amide bonds. The minimum atomic E-state index is -0.00155. The molecule has 2 aromatic rings. The van der Waals surface area contributed by atoms with E-state index in [9.17, 15) is 4.79 Å². The molecule has 104 valence electrons. The Bertz CT molecular complexity index is 576. The third-order valence-corrected chi connectivity index (χ3v) is 3.16. The second kappa shape index (κ2) is 6.75. The van der Waals surface area contributed by atoms with E-state index in [-0.39, 0.29) is 5.91 Å². The van der Waals surface area contributed by atoms with Crippen molar-refractivity contribution in [2.45, 2.75) is 26.2 Å². The Kier molecular flexibility index (Phi) is 4.77. The van der Waals surface area contributed by atoms with E-state index in [0.29, 0.717) is 12.1 Å². The first-order valence-corrected chi connectivity index (χ1v) is 6.91. The molecule has 0 unspecified atom stereocenters. The number of hydrogen-bond acceptors (Lipinski definition) is 2. The maximum atomic E-state index is 12.1. The van der Waals surface area contributed by atoms with Gasteiger partial charge in [0.1, 0.15) is 0 Å². The summed E-state index contributed by atoms with van der Waals surface area (Å²) in [5, 5.41) is 2.99. The van der Waals surface area contributed by atoms with Crippen LogP contribution in [0.5, 0.6) is 0 Å². The summed E-state index contributed by atoms with van der Waals surface area (Å²) in [5.41, 5.74) is 9.40. The Labute approximate surface area is 119 Å². The number of anilines is 2. The highest BCUT2D eigenvalue weighted by molar-refractivity contribution is 5.93. The van der Waals surface area contributed by atoms with Gasteiger partial charge in [-0.3, -0.25) is 4.79 Å². The molecule has 0 aliphatic rings.